The predicted octanol–water partition coefficient (Wildman–Crippen LogP) is 0.735. The van der Waals surface area contributed by atoms with Crippen molar-refractivity contribution in [1.82, 2.24) is 0 Å². The van der Waals surface area contributed by atoms with Crippen LogP contribution in [0.25, 0.3) is 0 Å². The third-order valence-corrected chi connectivity index (χ3v) is 5.81. The molecule has 0 aliphatic heterocycles. The van der Waals surface area contributed by atoms with Crippen LogP contribution in [-0.4, -0.2) is 47.5 Å². The van der Waals surface area contributed by atoms with E-state index in [1.54, 1.807) is 20.8 Å². The highest BCUT2D eigenvalue weighted by Crippen LogP contribution is 2.28. The van der Waals surface area contributed by atoms with Crippen LogP contribution in [0.1, 0.15) is 27.2 Å². The van der Waals surface area contributed by atoms with Crippen molar-refractivity contribution in [3.63, 3.8) is 0 Å². The molecule has 0 aromatic carbocycles. The first-order valence-corrected chi connectivity index (χ1v) is 8.26. The van der Waals surface area contributed by atoms with Crippen LogP contribution in [0.15, 0.2) is 0 Å². The third kappa shape index (κ3) is 6.28. The summed E-state index contributed by atoms with van der Waals surface area (Å²) >= 11 is 1.40. The molecule has 102 valence electrons. The van der Waals surface area contributed by atoms with Crippen LogP contribution < -0.4 is 5.73 Å². The van der Waals surface area contributed by atoms with Crippen molar-refractivity contribution in [2.24, 2.45) is 5.73 Å². The SMILES string of the molecule is CCS(=O)(=O)CCCSC(C)(C)[C@@H](N)C(=O)O. The van der Waals surface area contributed by atoms with Crippen LogP contribution in [0.2, 0.25) is 0 Å². The van der Waals surface area contributed by atoms with Crippen LogP contribution in [0.3, 0.4) is 0 Å². The summed E-state index contributed by atoms with van der Waals surface area (Å²) in [5, 5.41) is 8.81. The Kier molecular flexibility index (Phi) is 6.50. The van der Waals surface area contributed by atoms with Gasteiger partial charge in [-0.15, -0.1) is 0 Å². The van der Waals surface area contributed by atoms with Gasteiger partial charge in [0.05, 0.1) is 5.75 Å². The number of carbonyl (C=O) groups is 1. The standard InChI is InChI=1S/C10H21NO4S2/c1-4-17(14,15)7-5-6-16-10(2,3)8(11)9(12)13/h8H,4-7,11H2,1-3H3,(H,12,13)/t8-/m0/s1. The third-order valence-electron chi connectivity index (χ3n) is 2.53. The number of hydrogen-bond donors (Lipinski definition) is 2. The summed E-state index contributed by atoms with van der Waals surface area (Å²) < 4.78 is 21.9. The summed E-state index contributed by atoms with van der Waals surface area (Å²) in [5.74, 6) is -0.152. The highest BCUT2D eigenvalue weighted by Gasteiger charge is 2.32. The van der Waals surface area contributed by atoms with Gasteiger partial charge in [0.15, 0.2) is 0 Å². The summed E-state index contributed by atoms with van der Waals surface area (Å²) in [5.41, 5.74) is 5.55. The number of carboxylic acid groups (broad SMARTS) is 1. The van der Waals surface area contributed by atoms with E-state index in [2.05, 4.69) is 0 Å². The Morgan fingerprint density at radius 3 is 2.41 bits per heavy atom. The van der Waals surface area contributed by atoms with Crippen molar-refractivity contribution in [1.29, 1.82) is 0 Å². The van der Waals surface area contributed by atoms with Crippen molar-refractivity contribution in [3.8, 4) is 0 Å². The maximum atomic E-state index is 11.2. The van der Waals surface area contributed by atoms with E-state index >= 15 is 0 Å². The zero-order valence-electron chi connectivity index (χ0n) is 10.5. The lowest BCUT2D eigenvalue weighted by atomic mass is 10.1. The van der Waals surface area contributed by atoms with Gasteiger partial charge in [-0.05, 0) is 26.0 Å². The summed E-state index contributed by atoms with van der Waals surface area (Å²) in [7, 11) is -2.93. The molecule has 0 radical (unpaired) electrons. The first-order valence-electron chi connectivity index (χ1n) is 5.45. The Bertz CT molecular complexity index is 351. The van der Waals surface area contributed by atoms with Crippen molar-refractivity contribution in [2.45, 2.75) is 38.0 Å². The van der Waals surface area contributed by atoms with Crippen LogP contribution in [0, 0.1) is 0 Å². The first-order chi connectivity index (χ1) is 7.62. The van der Waals surface area contributed by atoms with Gasteiger partial charge in [-0.25, -0.2) is 8.42 Å². The number of aliphatic carboxylic acids is 1. The van der Waals surface area contributed by atoms with Gasteiger partial charge in [-0.3, -0.25) is 4.79 Å². The number of thioether (sulfide) groups is 1. The van der Waals surface area contributed by atoms with Crippen LogP contribution >= 0.6 is 11.8 Å². The predicted molar refractivity (Wildman–Crippen MR) is 71.1 cm³/mol. The molecule has 0 unspecified atom stereocenters. The van der Waals surface area contributed by atoms with Gasteiger partial charge in [0.2, 0.25) is 0 Å². The average Bonchev–Trinajstić information content (AvgIpc) is 2.23. The Balaban J connectivity index is 4.09. The second-order valence-corrected chi connectivity index (χ2v) is 8.58. The van der Waals surface area contributed by atoms with Gasteiger partial charge in [-0.2, -0.15) is 11.8 Å². The molecule has 0 aromatic rings. The number of rotatable bonds is 8. The van der Waals surface area contributed by atoms with E-state index in [9.17, 15) is 13.2 Å². The van der Waals surface area contributed by atoms with Gasteiger partial charge < -0.3 is 10.8 Å². The lowest BCUT2D eigenvalue weighted by molar-refractivity contribution is -0.139. The fourth-order valence-electron chi connectivity index (χ4n) is 1.15. The van der Waals surface area contributed by atoms with E-state index in [1.807, 2.05) is 0 Å². The quantitative estimate of drug-likeness (QED) is 0.637. The first kappa shape index (κ1) is 16.7. The summed E-state index contributed by atoms with van der Waals surface area (Å²) in [4.78, 5) is 10.8. The zero-order valence-corrected chi connectivity index (χ0v) is 12.1. The molecule has 0 spiro atoms. The van der Waals surface area contributed by atoms with Crippen LogP contribution in [-0.2, 0) is 14.6 Å². The monoisotopic (exact) mass is 283 g/mol. The minimum Gasteiger partial charge on any atom is -0.480 e. The van der Waals surface area contributed by atoms with E-state index < -0.39 is 26.6 Å². The second kappa shape index (κ2) is 6.61. The molecule has 17 heavy (non-hydrogen) atoms. The fourth-order valence-corrected chi connectivity index (χ4v) is 3.30. The van der Waals surface area contributed by atoms with Crippen molar-refractivity contribution in [3.05, 3.63) is 0 Å². The molecule has 5 nitrogen and oxygen atoms in total. The molecule has 0 rings (SSSR count). The molecule has 0 aliphatic carbocycles. The molecule has 0 heterocycles. The smallest absolute Gasteiger partial charge is 0.321 e. The van der Waals surface area contributed by atoms with E-state index in [-0.39, 0.29) is 11.5 Å². The van der Waals surface area contributed by atoms with Crippen molar-refractivity contribution < 1.29 is 18.3 Å². The van der Waals surface area contributed by atoms with Gasteiger partial charge in [-0.1, -0.05) is 6.92 Å². The minimum atomic E-state index is -2.93. The molecular formula is C10H21NO4S2. The maximum absolute atomic E-state index is 11.2. The number of sulfone groups is 1. The van der Waals surface area contributed by atoms with Crippen molar-refractivity contribution >= 4 is 27.6 Å². The number of hydrogen-bond acceptors (Lipinski definition) is 5. The molecule has 1 atom stereocenters. The lowest BCUT2D eigenvalue weighted by Gasteiger charge is -2.27. The zero-order chi connectivity index (χ0) is 13.7. The lowest BCUT2D eigenvalue weighted by Crippen LogP contribution is -2.46. The Morgan fingerprint density at radius 2 is 2.00 bits per heavy atom. The average molecular weight is 283 g/mol. The molecule has 3 N–H and O–H groups in total. The summed E-state index contributed by atoms with van der Waals surface area (Å²) in [6, 6.07) is -0.949. The van der Waals surface area contributed by atoms with Gasteiger partial charge in [0.25, 0.3) is 0 Å². The highest BCUT2D eigenvalue weighted by atomic mass is 32.2. The van der Waals surface area contributed by atoms with E-state index in [0.29, 0.717) is 12.2 Å². The largest absolute Gasteiger partial charge is 0.480 e. The fraction of sp³-hybridized carbons (Fsp3) is 0.900. The van der Waals surface area contributed by atoms with Crippen LogP contribution in [0.4, 0.5) is 0 Å². The van der Waals surface area contributed by atoms with E-state index in [0.717, 1.165) is 0 Å². The van der Waals surface area contributed by atoms with Gasteiger partial charge in [0, 0.05) is 10.5 Å². The summed E-state index contributed by atoms with van der Waals surface area (Å²) in [6.45, 7) is 5.13. The second-order valence-electron chi connectivity index (χ2n) is 4.36. The molecule has 0 amide bonds. The van der Waals surface area contributed by atoms with E-state index in [4.69, 9.17) is 10.8 Å². The molecular weight excluding hydrogens is 262 g/mol. The van der Waals surface area contributed by atoms with E-state index in [1.165, 1.54) is 11.8 Å². The van der Waals surface area contributed by atoms with Crippen LogP contribution in [0.5, 0.6) is 0 Å². The molecule has 0 saturated heterocycles. The van der Waals surface area contributed by atoms with Gasteiger partial charge in [0.1, 0.15) is 15.9 Å². The van der Waals surface area contributed by atoms with Gasteiger partial charge >= 0.3 is 5.97 Å². The highest BCUT2D eigenvalue weighted by molar-refractivity contribution is 8.00. The molecule has 0 aromatic heterocycles. The number of carboxylic acids is 1. The topological polar surface area (TPSA) is 97.5 Å². The molecule has 0 bridgehead atoms. The normalized spacial score (nSPS) is 14.6. The maximum Gasteiger partial charge on any atom is 0.321 e. The Hall–Kier alpha value is -0.270. The number of nitrogens with two attached hydrogens (primary N) is 1. The summed E-state index contributed by atoms with van der Waals surface area (Å²) in [6.07, 6.45) is 0.524. The molecule has 0 fully saturated rings. The van der Waals surface area contributed by atoms with Crippen molar-refractivity contribution in [2.75, 3.05) is 17.3 Å². The molecule has 7 heteroatoms. The molecule has 0 saturated carbocycles. The minimum absolute atomic E-state index is 0.148. The Morgan fingerprint density at radius 1 is 1.47 bits per heavy atom. The Labute approximate surface area is 107 Å². The molecule has 0 aliphatic rings.